The van der Waals surface area contributed by atoms with Gasteiger partial charge >= 0.3 is 0 Å². The van der Waals surface area contributed by atoms with Crippen LogP contribution in [0.4, 0.5) is 0 Å². The third-order valence-electron chi connectivity index (χ3n) is 6.95. The maximum atomic E-state index is 13.1. The standard InChI is InChI=1S/C25H40N4O5/c1-5-27-12-14-28(15-13-27)11-8-26-23(30)16-19-6-9-29(10-7-19)25(31)20-17-21(32-2)24(34-4)22(18-20)33-3/h17-19H,5-16H2,1-4H3,(H,26,30). The van der Waals surface area contributed by atoms with E-state index in [0.717, 1.165) is 52.1 Å². The Kier molecular flexibility index (Phi) is 9.83. The van der Waals surface area contributed by atoms with Gasteiger partial charge in [0.15, 0.2) is 11.5 Å². The zero-order valence-corrected chi connectivity index (χ0v) is 21.1. The highest BCUT2D eigenvalue weighted by Crippen LogP contribution is 2.38. The molecular weight excluding hydrogens is 436 g/mol. The van der Waals surface area contributed by atoms with E-state index in [2.05, 4.69) is 22.0 Å². The third-order valence-corrected chi connectivity index (χ3v) is 6.95. The second kappa shape index (κ2) is 12.8. The molecule has 3 rings (SSSR count). The zero-order chi connectivity index (χ0) is 24.5. The van der Waals surface area contributed by atoms with Crippen molar-refractivity contribution in [2.24, 2.45) is 5.92 Å². The van der Waals surface area contributed by atoms with Crippen LogP contribution in [0, 0.1) is 5.92 Å². The van der Waals surface area contributed by atoms with Gasteiger partial charge in [-0.1, -0.05) is 6.92 Å². The third kappa shape index (κ3) is 6.76. The molecule has 9 nitrogen and oxygen atoms in total. The lowest BCUT2D eigenvalue weighted by Crippen LogP contribution is -2.48. The fourth-order valence-electron chi connectivity index (χ4n) is 4.74. The molecule has 0 aliphatic carbocycles. The minimum absolute atomic E-state index is 0.0645. The van der Waals surface area contributed by atoms with Crippen molar-refractivity contribution >= 4 is 11.8 Å². The van der Waals surface area contributed by atoms with Crippen molar-refractivity contribution in [1.82, 2.24) is 20.0 Å². The number of likely N-dealkylation sites (N-methyl/N-ethyl adjacent to an activating group) is 1. The lowest BCUT2D eigenvalue weighted by Gasteiger charge is -2.34. The summed E-state index contributed by atoms with van der Waals surface area (Å²) in [6, 6.07) is 3.37. The highest BCUT2D eigenvalue weighted by molar-refractivity contribution is 5.95. The molecule has 0 saturated carbocycles. The van der Waals surface area contributed by atoms with Crippen molar-refractivity contribution in [3.63, 3.8) is 0 Å². The molecule has 0 atom stereocenters. The first-order valence-corrected chi connectivity index (χ1v) is 12.3. The van der Waals surface area contributed by atoms with E-state index < -0.39 is 0 Å². The van der Waals surface area contributed by atoms with E-state index in [1.807, 2.05) is 4.90 Å². The van der Waals surface area contributed by atoms with E-state index in [1.54, 1.807) is 12.1 Å². The first kappa shape index (κ1) is 26.1. The Morgan fingerprint density at radius 1 is 0.912 bits per heavy atom. The summed E-state index contributed by atoms with van der Waals surface area (Å²) in [6.07, 6.45) is 2.17. The molecule has 2 heterocycles. The number of benzene rings is 1. The number of carbonyl (C=O) groups is 2. The molecule has 190 valence electrons. The Hall–Kier alpha value is -2.52. The van der Waals surface area contributed by atoms with Crippen LogP contribution < -0.4 is 19.5 Å². The van der Waals surface area contributed by atoms with E-state index in [4.69, 9.17) is 14.2 Å². The smallest absolute Gasteiger partial charge is 0.254 e. The molecule has 2 saturated heterocycles. The summed E-state index contributed by atoms with van der Waals surface area (Å²) < 4.78 is 16.1. The number of carbonyl (C=O) groups excluding carboxylic acids is 2. The van der Waals surface area contributed by atoms with Gasteiger partial charge in [-0.2, -0.15) is 0 Å². The van der Waals surface area contributed by atoms with Crippen LogP contribution in [0.15, 0.2) is 12.1 Å². The molecule has 0 radical (unpaired) electrons. The van der Waals surface area contributed by atoms with Gasteiger partial charge in [0.1, 0.15) is 0 Å². The highest BCUT2D eigenvalue weighted by atomic mass is 16.5. The molecule has 0 unspecified atom stereocenters. The molecule has 2 fully saturated rings. The first-order valence-electron chi connectivity index (χ1n) is 12.3. The SMILES string of the molecule is CCN1CCN(CCNC(=O)CC2CCN(C(=O)c3cc(OC)c(OC)c(OC)c3)CC2)CC1. The number of ether oxygens (including phenoxy) is 3. The van der Waals surface area contributed by atoms with Crippen LogP contribution in [-0.4, -0.2) is 107 Å². The zero-order valence-electron chi connectivity index (χ0n) is 21.1. The van der Waals surface area contributed by atoms with Crippen molar-refractivity contribution in [3.05, 3.63) is 17.7 Å². The quantitative estimate of drug-likeness (QED) is 0.550. The molecule has 2 aliphatic rings. The van der Waals surface area contributed by atoms with Crippen LogP contribution in [0.3, 0.4) is 0 Å². The molecule has 0 aromatic heterocycles. The number of rotatable bonds is 10. The molecule has 9 heteroatoms. The van der Waals surface area contributed by atoms with Crippen LogP contribution in [-0.2, 0) is 4.79 Å². The Morgan fingerprint density at radius 3 is 2.03 bits per heavy atom. The number of nitrogens with zero attached hydrogens (tertiary/aromatic N) is 3. The van der Waals surface area contributed by atoms with Gasteiger partial charge in [-0.25, -0.2) is 0 Å². The Labute approximate surface area is 203 Å². The lowest BCUT2D eigenvalue weighted by molar-refractivity contribution is -0.122. The molecule has 1 aromatic carbocycles. The number of piperidine rings is 1. The summed E-state index contributed by atoms with van der Waals surface area (Å²) in [5.74, 6) is 1.74. The second-order valence-electron chi connectivity index (χ2n) is 8.98. The fraction of sp³-hybridized carbons (Fsp3) is 0.680. The Bertz CT molecular complexity index is 793. The normalized spacial score (nSPS) is 17.9. The van der Waals surface area contributed by atoms with Gasteiger partial charge in [-0.15, -0.1) is 0 Å². The minimum atomic E-state index is -0.0645. The van der Waals surface area contributed by atoms with Crippen molar-refractivity contribution in [3.8, 4) is 17.2 Å². The number of amides is 2. The summed E-state index contributed by atoms with van der Waals surface area (Å²) in [5.41, 5.74) is 0.505. The Morgan fingerprint density at radius 2 is 1.50 bits per heavy atom. The van der Waals surface area contributed by atoms with Crippen LogP contribution >= 0.6 is 0 Å². The Balaban J connectivity index is 1.42. The molecular formula is C25H40N4O5. The largest absolute Gasteiger partial charge is 0.493 e. The van der Waals surface area contributed by atoms with Crippen molar-refractivity contribution in [1.29, 1.82) is 0 Å². The van der Waals surface area contributed by atoms with Crippen LogP contribution in [0.1, 0.15) is 36.5 Å². The number of hydrogen-bond donors (Lipinski definition) is 1. The average Bonchev–Trinajstić information content (AvgIpc) is 2.88. The van der Waals surface area contributed by atoms with Gasteiger partial charge in [0.05, 0.1) is 21.3 Å². The van der Waals surface area contributed by atoms with Crippen LogP contribution in [0.25, 0.3) is 0 Å². The van der Waals surface area contributed by atoms with Crippen LogP contribution in [0.2, 0.25) is 0 Å². The number of likely N-dealkylation sites (tertiary alicyclic amines) is 1. The van der Waals surface area contributed by atoms with Crippen molar-refractivity contribution < 1.29 is 23.8 Å². The summed E-state index contributed by atoms with van der Waals surface area (Å²) in [7, 11) is 4.61. The molecule has 1 N–H and O–H groups in total. The van der Waals surface area contributed by atoms with Gasteiger partial charge in [-0.3, -0.25) is 14.5 Å². The summed E-state index contributed by atoms with van der Waals surface area (Å²) in [4.78, 5) is 32.2. The number of methoxy groups -OCH3 is 3. The molecule has 0 bridgehead atoms. The van der Waals surface area contributed by atoms with E-state index >= 15 is 0 Å². The monoisotopic (exact) mass is 476 g/mol. The lowest BCUT2D eigenvalue weighted by atomic mass is 9.93. The summed E-state index contributed by atoms with van der Waals surface area (Å²) >= 11 is 0. The summed E-state index contributed by atoms with van der Waals surface area (Å²) in [5, 5.41) is 3.08. The topological polar surface area (TPSA) is 83.6 Å². The first-order chi connectivity index (χ1) is 16.5. The van der Waals surface area contributed by atoms with Gasteiger partial charge < -0.3 is 29.3 Å². The van der Waals surface area contributed by atoms with E-state index in [1.165, 1.54) is 21.3 Å². The van der Waals surface area contributed by atoms with E-state index in [-0.39, 0.29) is 11.8 Å². The summed E-state index contributed by atoms with van der Waals surface area (Å²) in [6.45, 7) is 10.5. The fourth-order valence-corrected chi connectivity index (χ4v) is 4.74. The molecule has 34 heavy (non-hydrogen) atoms. The molecule has 2 aliphatic heterocycles. The minimum Gasteiger partial charge on any atom is -0.493 e. The number of hydrogen-bond acceptors (Lipinski definition) is 7. The number of nitrogens with one attached hydrogen (secondary N) is 1. The molecule has 2 amide bonds. The molecule has 1 aromatic rings. The predicted octanol–water partition coefficient (Wildman–Crippen LogP) is 1.71. The van der Waals surface area contributed by atoms with E-state index in [9.17, 15) is 9.59 Å². The van der Waals surface area contributed by atoms with Crippen molar-refractivity contribution in [2.45, 2.75) is 26.2 Å². The van der Waals surface area contributed by atoms with Gasteiger partial charge in [-0.05, 0) is 37.4 Å². The maximum absolute atomic E-state index is 13.1. The van der Waals surface area contributed by atoms with Gasteiger partial charge in [0.25, 0.3) is 5.91 Å². The van der Waals surface area contributed by atoms with Crippen LogP contribution in [0.5, 0.6) is 17.2 Å². The van der Waals surface area contributed by atoms with Gasteiger partial charge in [0, 0.05) is 64.3 Å². The van der Waals surface area contributed by atoms with Gasteiger partial charge in [0.2, 0.25) is 11.7 Å². The van der Waals surface area contributed by atoms with E-state index in [0.29, 0.717) is 54.8 Å². The maximum Gasteiger partial charge on any atom is 0.254 e. The predicted molar refractivity (Wildman–Crippen MR) is 131 cm³/mol. The number of piperazine rings is 1. The average molecular weight is 477 g/mol. The van der Waals surface area contributed by atoms with Crippen molar-refractivity contribution in [2.75, 3.05) is 80.2 Å². The molecule has 0 spiro atoms. The highest BCUT2D eigenvalue weighted by Gasteiger charge is 2.27. The second-order valence-corrected chi connectivity index (χ2v) is 8.98.